The third-order valence-electron chi connectivity index (χ3n) is 1.86. The molecule has 86 valence electrons. The van der Waals surface area contributed by atoms with Gasteiger partial charge in [-0.3, -0.25) is 9.59 Å². The smallest absolute Gasteiger partial charge is 0.317 e. The van der Waals surface area contributed by atoms with E-state index in [-0.39, 0.29) is 13.0 Å². The molecule has 0 amide bonds. The fraction of sp³-hybridized carbons (Fsp3) is 0.273. The first-order valence-corrected chi connectivity index (χ1v) is 5.57. The van der Waals surface area contributed by atoms with Crippen LogP contribution in [0.2, 0.25) is 0 Å². The van der Waals surface area contributed by atoms with Crippen LogP contribution in [0.25, 0.3) is 0 Å². The van der Waals surface area contributed by atoms with Crippen molar-refractivity contribution in [3.05, 3.63) is 35.9 Å². The van der Waals surface area contributed by atoms with E-state index in [1.54, 1.807) is 0 Å². The summed E-state index contributed by atoms with van der Waals surface area (Å²) in [5, 5.41) is 8.56. The molecule has 0 heterocycles. The van der Waals surface area contributed by atoms with Crippen molar-refractivity contribution in [3.8, 4) is 0 Å². The highest BCUT2D eigenvalue weighted by Crippen LogP contribution is 2.08. The number of carboxylic acid groups (broad SMARTS) is 1. The van der Waals surface area contributed by atoms with Crippen LogP contribution in [0.4, 0.5) is 0 Å². The van der Waals surface area contributed by atoms with Crippen LogP contribution in [0.5, 0.6) is 0 Å². The zero-order valence-corrected chi connectivity index (χ0v) is 10.0. The molecule has 4 nitrogen and oxygen atoms in total. The second kappa shape index (κ2) is 6.27. The van der Waals surface area contributed by atoms with Crippen LogP contribution in [0.3, 0.4) is 0 Å². The number of benzene rings is 1. The molecule has 1 rings (SSSR count). The second-order valence-corrected chi connectivity index (χ2v) is 4.26. The van der Waals surface area contributed by atoms with Crippen molar-refractivity contribution < 1.29 is 19.4 Å². The third-order valence-corrected chi connectivity index (χ3v) is 2.57. The number of carbonyl (C=O) groups excluding carboxylic acids is 1. The average molecular weight is 287 g/mol. The molecule has 0 aromatic heterocycles. The molecular weight excluding hydrogens is 276 g/mol. The van der Waals surface area contributed by atoms with Crippen LogP contribution in [0.1, 0.15) is 12.0 Å². The molecule has 16 heavy (non-hydrogen) atoms. The molecule has 0 fully saturated rings. The first-order valence-electron chi connectivity index (χ1n) is 4.66. The number of rotatable bonds is 5. The molecule has 5 heteroatoms. The Kier molecular flexibility index (Phi) is 4.98. The minimum atomic E-state index is -1.07. The van der Waals surface area contributed by atoms with Crippen molar-refractivity contribution in [1.29, 1.82) is 0 Å². The number of carbonyl (C=O) groups is 2. The molecule has 0 saturated heterocycles. The Balaban J connectivity index is 2.33. The second-order valence-electron chi connectivity index (χ2n) is 3.16. The van der Waals surface area contributed by atoms with Gasteiger partial charge in [0, 0.05) is 0 Å². The molecule has 0 radical (unpaired) electrons. The van der Waals surface area contributed by atoms with E-state index in [4.69, 9.17) is 9.84 Å². The number of hydrogen-bond acceptors (Lipinski definition) is 3. The maximum Gasteiger partial charge on any atom is 0.317 e. The van der Waals surface area contributed by atoms with Gasteiger partial charge >= 0.3 is 11.9 Å². The average Bonchev–Trinajstić information content (AvgIpc) is 2.27. The number of hydrogen-bond donors (Lipinski definition) is 1. The van der Waals surface area contributed by atoms with E-state index in [0.717, 1.165) is 5.56 Å². The third kappa shape index (κ3) is 4.44. The minimum Gasteiger partial charge on any atom is -0.480 e. The largest absolute Gasteiger partial charge is 0.480 e. The summed E-state index contributed by atoms with van der Waals surface area (Å²) in [6.07, 6.45) is -0.178. The first kappa shape index (κ1) is 12.7. The van der Waals surface area contributed by atoms with Crippen molar-refractivity contribution in [2.45, 2.75) is 17.9 Å². The Hall–Kier alpha value is -1.36. The van der Waals surface area contributed by atoms with Crippen molar-refractivity contribution >= 4 is 27.9 Å². The molecule has 1 atom stereocenters. The van der Waals surface area contributed by atoms with Crippen LogP contribution in [-0.2, 0) is 20.9 Å². The van der Waals surface area contributed by atoms with E-state index in [1.165, 1.54) is 0 Å². The topological polar surface area (TPSA) is 63.6 Å². The van der Waals surface area contributed by atoms with Crippen LogP contribution in [0.15, 0.2) is 30.3 Å². The molecule has 0 aliphatic rings. The maximum absolute atomic E-state index is 11.2. The van der Waals surface area contributed by atoms with Gasteiger partial charge < -0.3 is 9.84 Å². The molecule has 1 N–H and O–H groups in total. The summed E-state index contributed by atoms with van der Waals surface area (Å²) in [4.78, 5) is 20.8. The van der Waals surface area contributed by atoms with Crippen LogP contribution in [0, 0.1) is 0 Å². The molecule has 0 aliphatic heterocycles. The summed E-state index contributed by atoms with van der Waals surface area (Å²) >= 11 is 2.87. The number of carboxylic acids is 1. The van der Waals surface area contributed by atoms with E-state index in [2.05, 4.69) is 15.9 Å². The number of aliphatic carboxylic acids is 1. The fourth-order valence-corrected chi connectivity index (χ4v) is 1.29. The number of alkyl halides is 1. The van der Waals surface area contributed by atoms with Crippen molar-refractivity contribution in [2.75, 3.05) is 0 Å². The summed E-state index contributed by atoms with van der Waals surface area (Å²) < 4.78 is 4.92. The predicted octanol–water partition coefficient (Wildman–Crippen LogP) is 1.97. The van der Waals surface area contributed by atoms with E-state index in [1.807, 2.05) is 30.3 Å². The van der Waals surface area contributed by atoms with Gasteiger partial charge in [-0.05, 0) is 5.56 Å². The summed E-state index contributed by atoms with van der Waals surface area (Å²) in [5.41, 5.74) is 0.872. The molecule has 1 aromatic rings. The summed E-state index contributed by atoms with van der Waals surface area (Å²) in [7, 11) is 0. The SMILES string of the molecule is O=C(C[C@H](Br)C(=O)O)OCc1ccccc1. The Morgan fingerprint density at radius 2 is 1.94 bits per heavy atom. The summed E-state index contributed by atoms with van der Waals surface area (Å²) in [6.45, 7) is 0.166. The predicted molar refractivity (Wildman–Crippen MR) is 61.2 cm³/mol. The first-order chi connectivity index (χ1) is 7.59. The lowest BCUT2D eigenvalue weighted by Gasteiger charge is -2.06. The monoisotopic (exact) mass is 286 g/mol. The Bertz CT molecular complexity index is 364. The quantitative estimate of drug-likeness (QED) is 0.664. The molecule has 0 unspecified atom stereocenters. The van der Waals surface area contributed by atoms with Gasteiger partial charge in [0.25, 0.3) is 0 Å². The molecule has 0 aliphatic carbocycles. The zero-order chi connectivity index (χ0) is 12.0. The number of ether oxygens (including phenoxy) is 1. The van der Waals surface area contributed by atoms with Crippen molar-refractivity contribution in [3.63, 3.8) is 0 Å². The van der Waals surface area contributed by atoms with Gasteiger partial charge in [-0.2, -0.15) is 0 Å². The number of esters is 1. The summed E-state index contributed by atoms with van der Waals surface area (Å²) in [6, 6.07) is 9.21. The standard InChI is InChI=1S/C11H11BrO4/c12-9(11(14)15)6-10(13)16-7-8-4-2-1-3-5-8/h1-5,9H,6-7H2,(H,14,15)/t9-/m0/s1. The zero-order valence-electron chi connectivity index (χ0n) is 8.43. The minimum absolute atomic E-state index is 0.166. The van der Waals surface area contributed by atoms with Gasteiger partial charge in [-0.1, -0.05) is 46.3 Å². The van der Waals surface area contributed by atoms with Crippen molar-refractivity contribution in [2.24, 2.45) is 0 Å². The Morgan fingerprint density at radius 3 is 2.50 bits per heavy atom. The lowest BCUT2D eigenvalue weighted by atomic mass is 10.2. The molecule has 0 bridgehead atoms. The van der Waals surface area contributed by atoms with Crippen molar-refractivity contribution in [1.82, 2.24) is 0 Å². The lowest BCUT2D eigenvalue weighted by molar-refractivity contribution is -0.148. The molecule has 0 spiro atoms. The molecule has 1 aromatic carbocycles. The number of halogens is 1. The molecular formula is C11H11BrO4. The normalized spacial score (nSPS) is 11.8. The van der Waals surface area contributed by atoms with Gasteiger partial charge in [-0.25, -0.2) is 0 Å². The van der Waals surface area contributed by atoms with Gasteiger partial charge in [-0.15, -0.1) is 0 Å². The Labute approximate surface area is 101 Å². The van der Waals surface area contributed by atoms with E-state index in [9.17, 15) is 9.59 Å². The van der Waals surface area contributed by atoms with Gasteiger partial charge in [0.05, 0.1) is 6.42 Å². The van der Waals surface area contributed by atoms with E-state index in [0.29, 0.717) is 0 Å². The summed E-state index contributed by atoms with van der Waals surface area (Å²) in [5.74, 6) is -1.61. The lowest BCUT2D eigenvalue weighted by Crippen LogP contribution is -2.18. The van der Waals surface area contributed by atoms with Crippen LogP contribution < -0.4 is 0 Å². The molecule has 0 saturated carbocycles. The van der Waals surface area contributed by atoms with E-state index < -0.39 is 16.8 Å². The van der Waals surface area contributed by atoms with Crippen LogP contribution >= 0.6 is 15.9 Å². The van der Waals surface area contributed by atoms with Crippen LogP contribution in [-0.4, -0.2) is 21.9 Å². The van der Waals surface area contributed by atoms with Gasteiger partial charge in [0.2, 0.25) is 0 Å². The highest BCUT2D eigenvalue weighted by atomic mass is 79.9. The Morgan fingerprint density at radius 1 is 1.31 bits per heavy atom. The maximum atomic E-state index is 11.2. The fourth-order valence-electron chi connectivity index (χ4n) is 1.03. The highest BCUT2D eigenvalue weighted by molar-refractivity contribution is 9.10. The van der Waals surface area contributed by atoms with E-state index >= 15 is 0 Å². The van der Waals surface area contributed by atoms with Gasteiger partial charge in [0.1, 0.15) is 11.4 Å². The van der Waals surface area contributed by atoms with Gasteiger partial charge in [0.15, 0.2) is 0 Å². The highest BCUT2D eigenvalue weighted by Gasteiger charge is 2.18.